The maximum absolute atomic E-state index is 4.13. The Balaban J connectivity index is 1.76. The van der Waals surface area contributed by atoms with Crippen molar-refractivity contribution in [2.24, 2.45) is 5.92 Å². The summed E-state index contributed by atoms with van der Waals surface area (Å²) in [6.07, 6.45) is 3.58. The van der Waals surface area contributed by atoms with Crippen molar-refractivity contribution < 1.29 is 0 Å². The molecule has 2 aromatic heterocycles. The molecule has 0 aliphatic rings. The van der Waals surface area contributed by atoms with Gasteiger partial charge in [0.05, 0.1) is 0 Å². The number of hydrogen-bond donors (Lipinski definition) is 2. The van der Waals surface area contributed by atoms with Gasteiger partial charge in [0.15, 0.2) is 0 Å². The maximum atomic E-state index is 4.13. The van der Waals surface area contributed by atoms with E-state index in [1.165, 1.54) is 4.88 Å². The van der Waals surface area contributed by atoms with E-state index in [9.17, 15) is 0 Å². The first-order valence-electron chi connectivity index (χ1n) is 6.38. The lowest BCUT2D eigenvalue weighted by Crippen LogP contribution is -2.26. The Labute approximate surface area is 112 Å². The van der Waals surface area contributed by atoms with Crippen LogP contribution < -0.4 is 5.32 Å². The van der Waals surface area contributed by atoms with Crippen LogP contribution in [0.15, 0.2) is 23.8 Å². The van der Waals surface area contributed by atoms with Crippen LogP contribution in [0.2, 0.25) is 0 Å². The number of aryl methyl sites for hydroxylation is 1. The monoisotopic (exact) mass is 264 g/mol. The van der Waals surface area contributed by atoms with Crippen molar-refractivity contribution in [2.75, 3.05) is 6.54 Å². The van der Waals surface area contributed by atoms with Crippen molar-refractivity contribution in [1.82, 2.24) is 20.5 Å². The summed E-state index contributed by atoms with van der Waals surface area (Å²) >= 11 is 1.82. The van der Waals surface area contributed by atoms with Gasteiger partial charge in [0.2, 0.25) is 0 Å². The van der Waals surface area contributed by atoms with Gasteiger partial charge < -0.3 is 5.32 Å². The second-order valence-corrected chi connectivity index (χ2v) is 5.71. The van der Waals surface area contributed by atoms with Crippen LogP contribution in [0, 0.1) is 5.92 Å². The van der Waals surface area contributed by atoms with Crippen LogP contribution in [0.25, 0.3) is 0 Å². The SMILES string of the molecule is CC(C)C(NCCCc1ncn[nH]1)c1cccs1. The molecule has 2 aromatic rings. The average Bonchev–Trinajstić information content (AvgIpc) is 3.00. The molecule has 2 N–H and O–H groups in total. The van der Waals surface area contributed by atoms with Gasteiger partial charge in [0.1, 0.15) is 12.2 Å². The van der Waals surface area contributed by atoms with Gasteiger partial charge in [0.25, 0.3) is 0 Å². The van der Waals surface area contributed by atoms with Crippen molar-refractivity contribution in [3.05, 3.63) is 34.5 Å². The lowest BCUT2D eigenvalue weighted by Gasteiger charge is -2.21. The smallest absolute Gasteiger partial charge is 0.137 e. The predicted molar refractivity (Wildman–Crippen MR) is 74.6 cm³/mol. The van der Waals surface area contributed by atoms with Crippen molar-refractivity contribution in [1.29, 1.82) is 0 Å². The molecule has 0 aromatic carbocycles. The molecule has 0 saturated carbocycles. The third-order valence-corrected chi connectivity index (χ3v) is 3.89. The van der Waals surface area contributed by atoms with E-state index in [-0.39, 0.29) is 0 Å². The number of H-pyrrole nitrogens is 1. The van der Waals surface area contributed by atoms with Gasteiger partial charge >= 0.3 is 0 Å². The molecular weight excluding hydrogens is 244 g/mol. The summed E-state index contributed by atoms with van der Waals surface area (Å²) in [5.74, 6) is 1.57. The molecule has 1 atom stereocenters. The van der Waals surface area contributed by atoms with Crippen molar-refractivity contribution in [3.8, 4) is 0 Å². The second-order valence-electron chi connectivity index (χ2n) is 4.73. The Morgan fingerprint density at radius 3 is 2.94 bits per heavy atom. The topological polar surface area (TPSA) is 53.6 Å². The fraction of sp³-hybridized carbons (Fsp3) is 0.538. The lowest BCUT2D eigenvalue weighted by atomic mass is 10.0. The molecule has 0 aliphatic carbocycles. The molecule has 0 bridgehead atoms. The number of aromatic amines is 1. The van der Waals surface area contributed by atoms with Crippen LogP contribution in [0.1, 0.15) is 37.0 Å². The maximum Gasteiger partial charge on any atom is 0.137 e. The Morgan fingerprint density at radius 1 is 1.44 bits per heavy atom. The van der Waals surface area contributed by atoms with E-state index in [1.54, 1.807) is 6.33 Å². The van der Waals surface area contributed by atoms with Gasteiger partial charge in [-0.05, 0) is 30.3 Å². The van der Waals surface area contributed by atoms with Crippen LogP contribution in [0.3, 0.4) is 0 Å². The minimum Gasteiger partial charge on any atom is -0.309 e. The van der Waals surface area contributed by atoms with Gasteiger partial charge in [-0.3, -0.25) is 5.10 Å². The molecule has 1 unspecified atom stereocenters. The number of aromatic nitrogens is 3. The van der Waals surface area contributed by atoms with Crippen LogP contribution in [0.4, 0.5) is 0 Å². The molecule has 2 heterocycles. The van der Waals surface area contributed by atoms with Crippen LogP contribution in [-0.2, 0) is 6.42 Å². The minimum atomic E-state index is 0.458. The predicted octanol–water partition coefficient (Wildman–Crippen LogP) is 2.79. The highest BCUT2D eigenvalue weighted by Gasteiger charge is 2.15. The molecule has 4 nitrogen and oxygen atoms in total. The fourth-order valence-corrected chi connectivity index (χ4v) is 2.97. The molecule has 0 saturated heterocycles. The van der Waals surface area contributed by atoms with Crippen molar-refractivity contribution >= 4 is 11.3 Å². The third-order valence-electron chi connectivity index (χ3n) is 2.94. The zero-order chi connectivity index (χ0) is 12.8. The number of rotatable bonds is 7. The highest BCUT2D eigenvalue weighted by atomic mass is 32.1. The first-order valence-corrected chi connectivity index (χ1v) is 7.26. The quantitative estimate of drug-likeness (QED) is 0.756. The van der Waals surface area contributed by atoms with E-state index in [0.29, 0.717) is 12.0 Å². The van der Waals surface area contributed by atoms with E-state index in [4.69, 9.17) is 0 Å². The molecule has 0 radical (unpaired) electrons. The van der Waals surface area contributed by atoms with Gasteiger partial charge in [-0.15, -0.1) is 11.3 Å². The summed E-state index contributed by atoms with van der Waals surface area (Å²) in [7, 11) is 0. The Hall–Kier alpha value is -1.20. The Bertz CT molecular complexity index is 422. The minimum absolute atomic E-state index is 0.458. The first kappa shape index (κ1) is 13.2. The third kappa shape index (κ3) is 3.65. The molecule has 0 fully saturated rings. The van der Waals surface area contributed by atoms with Crippen molar-refractivity contribution in [2.45, 2.75) is 32.7 Å². The summed E-state index contributed by atoms with van der Waals surface area (Å²) in [6, 6.07) is 4.78. The van der Waals surface area contributed by atoms with Gasteiger partial charge in [-0.2, -0.15) is 5.10 Å². The summed E-state index contributed by atoms with van der Waals surface area (Å²) < 4.78 is 0. The Kier molecular flexibility index (Phi) is 4.90. The lowest BCUT2D eigenvalue weighted by molar-refractivity contribution is 0.414. The summed E-state index contributed by atoms with van der Waals surface area (Å²) in [6.45, 7) is 5.52. The number of nitrogens with one attached hydrogen (secondary N) is 2. The highest BCUT2D eigenvalue weighted by Crippen LogP contribution is 2.25. The summed E-state index contributed by atoms with van der Waals surface area (Å²) in [5, 5.41) is 12.5. The van der Waals surface area contributed by atoms with E-state index >= 15 is 0 Å². The Morgan fingerprint density at radius 2 is 2.33 bits per heavy atom. The molecule has 2 rings (SSSR count). The molecule has 98 valence electrons. The van der Waals surface area contributed by atoms with E-state index in [1.807, 2.05) is 11.3 Å². The van der Waals surface area contributed by atoms with Gasteiger partial charge in [0, 0.05) is 17.3 Å². The molecular formula is C13H20N4S. The molecule has 0 amide bonds. The molecule has 0 spiro atoms. The summed E-state index contributed by atoms with van der Waals surface area (Å²) in [4.78, 5) is 5.55. The second kappa shape index (κ2) is 6.66. The van der Waals surface area contributed by atoms with E-state index < -0.39 is 0 Å². The molecule has 5 heteroatoms. The zero-order valence-electron chi connectivity index (χ0n) is 10.9. The van der Waals surface area contributed by atoms with Crippen molar-refractivity contribution in [3.63, 3.8) is 0 Å². The normalized spacial score (nSPS) is 13.1. The van der Waals surface area contributed by atoms with Crippen LogP contribution in [0.5, 0.6) is 0 Å². The largest absolute Gasteiger partial charge is 0.309 e. The van der Waals surface area contributed by atoms with E-state index in [2.05, 4.69) is 51.9 Å². The zero-order valence-corrected chi connectivity index (χ0v) is 11.7. The summed E-state index contributed by atoms with van der Waals surface area (Å²) in [5.41, 5.74) is 0. The van der Waals surface area contributed by atoms with Crippen LogP contribution >= 0.6 is 11.3 Å². The van der Waals surface area contributed by atoms with E-state index in [0.717, 1.165) is 25.2 Å². The molecule has 0 aliphatic heterocycles. The van der Waals surface area contributed by atoms with Gasteiger partial charge in [-0.25, -0.2) is 4.98 Å². The number of nitrogens with zero attached hydrogens (tertiary/aromatic N) is 2. The first-order chi connectivity index (χ1) is 8.77. The highest BCUT2D eigenvalue weighted by molar-refractivity contribution is 7.10. The standard InChI is InChI=1S/C13H20N4S/c1-10(2)13(11-5-4-8-18-11)14-7-3-6-12-15-9-16-17-12/h4-5,8-10,13-14H,3,6-7H2,1-2H3,(H,15,16,17). The molecule has 18 heavy (non-hydrogen) atoms. The average molecular weight is 264 g/mol. The van der Waals surface area contributed by atoms with Gasteiger partial charge in [-0.1, -0.05) is 19.9 Å². The number of thiophene rings is 1. The van der Waals surface area contributed by atoms with Crippen LogP contribution in [-0.4, -0.2) is 21.7 Å². The fourth-order valence-electron chi connectivity index (χ4n) is 2.00. The number of hydrogen-bond acceptors (Lipinski definition) is 4.